The lowest BCUT2D eigenvalue weighted by molar-refractivity contribution is 0.634. The summed E-state index contributed by atoms with van der Waals surface area (Å²) in [6.07, 6.45) is 1.02. The van der Waals surface area contributed by atoms with Crippen LogP contribution in [0.25, 0.3) is 22.2 Å². The summed E-state index contributed by atoms with van der Waals surface area (Å²) >= 11 is 0. The van der Waals surface area contributed by atoms with E-state index in [2.05, 4.69) is 79.2 Å². The van der Waals surface area contributed by atoms with Gasteiger partial charge in [0.15, 0.2) is 5.82 Å². The van der Waals surface area contributed by atoms with Crippen LogP contribution >= 0.6 is 0 Å². The average molecular weight is 415 g/mol. The first-order valence-electron chi connectivity index (χ1n) is 11.1. The molecular formula is C28H31FN2. The average Bonchev–Trinajstić information content (AvgIpc) is 3.01. The molecule has 0 aliphatic rings. The van der Waals surface area contributed by atoms with Crippen LogP contribution in [0, 0.1) is 26.6 Å². The second-order valence-electron chi connectivity index (χ2n) is 8.46. The number of aryl methyl sites for hydroxylation is 3. The van der Waals surface area contributed by atoms with Gasteiger partial charge >= 0.3 is 0 Å². The van der Waals surface area contributed by atoms with Crippen molar-refractivity contribution in [2.24, 2.45) is 0 Å². The zero-order valence-corrected chi connectivity index (χ0v) is 18.9. The molecule has 0 radical (unpaired) electrons. The molecule has 0 saturated heterocycles. The molecular weight excluding hydrogens is 383 g/mol. The monoisotopic (exact) mass is 414 g/mol. The van der Waals surface area contributed by atoms with Gasteiger partial charge in [0.2, 0.25) is 0 Å². The van der Waals surface area contributed by atoms with Crippen molar-refractivity contribution in [2.75, 3.05) is 13.1 Å². The Labute approximate surface area is 184 Å². The van der Waals surface area contributed by atoms with E-state index in [-0.39, 0.29) is 5.82 Å². The fraction of sp³-hybridized carbons (Fsp3) is 0.286. The Morgan fingerprint density at radius 3 is 2.23 bits per heavy atom. The number of nitrogens with one attached hydrogen (secondary N) is 1. The van der Waals surface area contributed by atoms with Crippen LogP contribution in [0.4, 0.5) is 4.39 Å². The molecule has 1 heterocycles. The van der Waals surface area contributed by atoms with E-state index >= 15 is 4.39 Å². The van der Waals surface area contributed by atoms with Crippen molar-refractivity contribution < 1.29 is 4.39 Å². The Morgan fingerprint density at radius 2 is 1.55 bits per heavy atom. The van der Waals surface area contributed by atoms with Crippen molar-refractivity contribution in [2.45, 2.75) is 40.7 Å². The van der Waals surface area contributed by atoms with Crippen LogP contribution in [-0.2, 0) is 13.0 Å². The van der Waals surface area contributed by atoms with Gasteiger partial charge in [-0.25, -0.2) is 4.39 Å². The van der Waals surface area contributed by atoms with Gasteiger partial charge in [-0.2, -0.15) is 0 Å². The number of aromatic nitrogens is 1. The first-order valence-corrected chi connectivity index (χ1v) is 11.1. The standard InChI is InChI=1S/C28H31FN2/c1-5-30-16-15-22-10-12-23(13-11-22)18-31-25-14-9-19(2)17-24(25)27(29)28(31)26-20(3)7-6-8-21(26)4/h6-14,17,30H,5,15-16,18H2,1-4H3. The van der Waals surface area contributed by atoms with Gasteiger partial charge in [-0.05, 0) is 74.7 Å². The molecule has 1 N–H and O–H groups in total. The van der Waals surface area contributed by atoms with Gasteiger partial charge in [0.25, 0.3) is 0 Å². The topological polar surface area (TPSA) is 17.0 Å². The molecule has 0 unspecified atom stereocenters. The van der Waals surface area contributed by atoms with Crippen molar-refractivity contribution in [1.29, 1.82) is 0 Å². The summed E-state index contributed by atoms with van der Waals surface area (Å²) in [6.45, 7) is 10.9. The third kappa shape index (κ3) is 4.28. The van der Waals surface area contributed by atoms with Gasteiger partial charge in [0.05, 0.1) is 11.2 Å². The third-order valence-corrected chi connectivity index (χ3v) is 6.08. The number of fused-ring (bicyclic) bond motifs is 1. The Balaban J connectivity index is 1.80. The highest BCUT2D eigenvalue weighted by atomic mass is 19.1. The molecule has 2 nitrogen and oxygen atoms in total. The highest BCUT2D eigenvalue weighted by Gasteiger charge is 2.21. The van der Waals surface area contributed by atoms with Crippen molar-refractivity contribution in [3.63, 3.8) is 0 Å². The summed E-state index contributed by atoms with van der Waals surface area (Å²) in [5.74, 6) is -0.127. The van der Waals surface area contributed by atoms with Crippen molar-refractivity contribution >= 4 is 10.9 Å². The summed E-state index contributed by atoms with van der Waals surface area (Å²) in [7, 11) is 0. The second kappa shape index (κ2) is 9.07. The van der Waals surface area contributed by atoms with Crippen LogP contribution in [0.2, 0.25) is 0 Å². The number of rotatable bonds is 7. The number of halogens is 1. The second-order valence-corrected chi connectivity index (χ2v) is 8.46. The van der Waals surface area contributed by atoms with Crippen LogP contribution in [0.3, 0.4) is 0 Å². The van der Waals surface area contributed by atoms with E-state index in [4.69, 9.17) is 0 Å². The van der Waals surface area contributed by atoms with E-state index in [0.29, 0.717) is 17.6 Å². The van der Waals surface area contributed by atoms with Gasteiger partial charge in [0, 0.05) is 17.5 Å². The lowest BCUT2D eigenvalue weighted by atomic mass is 9.99. The molecule has 0 spiro atoms. The fourth-order valence-electron chi connectivity index (χ4n) is 4.43. The number of nitrogens with zero attached hydrogens (tertiary/aromatic N) is 1. The van der Waals surface area contributed by atoms with E-state index < -0.39 is 0 Å². The summed E-state index contributed by atoms with van der Waals surface area (Å²) in [5, 5.41) is 4.06. The highest BCUT2D eigenvalue weighted by Crippen LogP contribution is 2.37. The predicted octanol–water partition coefficient (Wildman–Crippen LogP) is 6.57. The van der Waals surface area contributed by atoms with Crippen LogP contribution in [0.15, 0.2) is 60.7 Å². The zero-order valence-electron chi connectivity index (χ0n) is 18.9. The highest BCUT2D eigenvalue weighted by molar-refractivity contribution is 5.90. The van der Waals surface area contributed by atoms with E-state index in [0.717, 1.165) is 47.3 Å². The quantitative estimate of drug-likeness (QED) is 0.338. The van der Waals surface area contributed by atoms with Gasteiger partial charge in [0.1, 0.15) is 0 Å². The molecule has 31 heavy (non-hydrogen) atoms. The molecule has 4 aromatic rings. The fourth-order valence-corrected chi connectivity index (χ4v) is 4.43. The van der Waals surface area contributed by atoms with Crippen LogP contribution < -0.4 is 5.32 Å². The summed E-state index contributed by atoms with van der Waals surface area (Å²) in [4.78, 5) is 0. The molecule has 0 bridgehead atoms. The van der Waals surface area contributed by atoms with Crippen molar-refractivity contribution in [3.8, 4) is 11.3 Å². The lowest BCUT2D eigenvalue weighted by Gasteiger charge is -2.15. The minimum atomic E-state index is -0.127. The minimum absolute atomic E-state index is 0.127. The van der Waals surface area contributed by atoms with Crippen molar-refractivity contribution in [1.82, 2.24) is 9.88 Å². The molecule has 0 saturated carbocycles. The Morgan fingerprint density at radius 1 is 0.871 bits per heavy atom. The third-order valence-electron chi connectivity index (χ3n) is 6.08. The minimum Gasteiger partial charge on any atom is -0.333 e. The van der Waals surface area contributed by atoms with Crippen LogP contribution in [-0.4, -0.2) is 17.7 Å². The van der Waals surface area contributed by atoms with E-state index in [9.17, 15) is 0 Å². The molecule has 0 aliphatic heterocycles. The van der Waals surface area contributed by atoms with Gasteiger partial charge in [-0.3, -0.25) is 0 Å². The predicted molar refractivity (Wildman–Crippen MR) is 129 cm³/mol. The molecule has 160 valence electrons. The summed E-state index contributed by atoms with van der Waals surface area (Å²) in [5.41, 5.74) is 8.38. The normalized spacial score (nSPS) is 11.4. The number of likely N-dealkylation sites (N-methyl/N-ethyl adjacent to an activating group) is 1. The van der Waals surface area contributed by atoms with Crippen molar-refractivity contribution in [3.05, 3.63) is 94.3 Å². The molecule has 0 amide bonds. The number of hydrogen-bond donors (Lipinski definition) is 1. The number of benzene rings is 3. The summed E-state index contributed by atoms with van der Waals surface area (Å²) in [6, 6.07) is 21.0. The smallest absolute Gasteiger partial charge is 0.156 e. The molecule has 4 rings (SSSR count). The Bertz CT molecular complexity index is 1180. The molecule has 1 aromatic heterocycles. The van der Waals surface area contributed by atoms with Gasteiger partial charge < -0.3 is 9.88 Å². The SMILES string of the molecule is CCNCCc1ccc(Cn2c(-c3c(C)cccc3C)c(F)c3cc(C)ccc32)cc1. The largest absolute Gasteiger partial charge is 0.333 e. The summed E-state index contributed by atoms with van der Waals surface area (Å²) < 4.78 is 18.0. The van der Waals surface area contributed by atoms with E-state index in [1.165, 1.54) is 11.1 Å². The van der Waals surface area contributed by atoms with E-state index in [1.807, 2.05) is 19.1 Å². The molecule has 3 heteroatoms. The Kier molecular flexibility index (Phi) is 6.24. The first kappa shape index (κ1) is 21.3. The zero-order chi connectivity index (χ0) is 22.0. The first-order chi connectivity index (χ1) is 15.0. The van der Waals surface area contributed by atoms with E-state index in [1.54, 1.807) is 0 Å². The lowest BCUT2D eigenvalue weighted by Crippen LogP contribution is -2.16. The number of hydrogen-bond acceptors (Lipinski definition) is 1. The molecule has 0 atom stereocenters. The van der Waals surface area contributed by atoms with Gasteiger partial charge in [-0.15, -0.1) is 0 Å². The van der Waals surface area contributed by atoms with Crippen LogP contribution in [0.1, 0.15) is 34.7 Å². The molecule has 0 aliphatic carbocycles. The van der Waals surface area contributed by atoms with Crippen LogP contribution in [0.5, 0.6) is 0 Å². The molecule has 3 aromatic carbocycles. The molecule has 0 fully saturated rings. The van der Waals surface area contributed by atoms with Gasteiger partial charge in [-0.1, -0.05) is 61.0 Å². The maximum Gasteiger partial charge on any atom is 0.156 e. The Hall–Kier alpha value is -2.91. The maximum absolute atomic E-state index is 15.8. The maximum atomic E-state index is 15.8.